The zero-order valence-corrected chi connectivity index (χ0v) is 15.4. The fourth-order valence-electron chi connectivity index (χ4n) is 5.06. The van der Waals surface area contributed by atoms with E-state index < -0.39 is 0 Å². The Morgan fingerprint density at radius 1 is 1.33 bits per heavy atom. The molecule has 1 aliphatic heterocycles. The van der Waals surface area contributed by atoms with E-state index >= 15 is 0 Å². The van der Waals surface area contributed by atoms with Crippen molar-refractivity contribution in [1.82, 2.24) is 10.2 Å². The van der Waals surface area contributed by atoms with E-state index in [1.54, 1.807) is 0 Å². The highest BCUT2D eigenvalue weighted by atomic mass is 16.5. The Morgan fingerprint density at radius 2 is 2.12 bits per heavy atom. The van der Waals surface area contributed by atoms with Gasteiger partial charge in [-0.15, -0.1) is 0 Å². The lowest BCUT2D eigenvalue weighted by atomic mass is 9.59. The number of amides is 1. The minimum Gasteiger partial charge on any atom is -0.378 e. The molecule has 0 aromatic rings. The number of hydrogen-bond acceptors (Lipinski definition) is 4. The highest BCUT2D eigenvalue weighted by Crippen LogP contribution is 2.56. The number of carbonyl (C=O) groups is 1. The Balaban J connectivity index is 1.67. The fraction of sp³-hybridized carbons (Fsp3) is 0.947. The highest BCUT2D eigenvalue weighted by Gasteiger charge is 2.59. The standard InChI is InChI=1S/C19H34N2O3/c1-3-10-21(18(22)12-15-14-23-11-9-20-15)16-13-17(24-4-2)19(16)7-5-6-8-19/h15-17,20H,3-14H2,1-2H3. The molecule has 1 spiro atoms. The van der Waals surface area contributed by atoms with Crippen LogP contribution in [-0.2, 0) is 14.3 Å². The molecule has 3 rings (SSSR count). The van der Waals surface area contributed by atoms with Crippen molar-refractivity contribution in [2.75, 3.05) is 32.9 Å². The van der Waals surface area contributed by atoms with Gasteiger partial charge in [-0.25, -0.2) is 0 Å². The van der Waals surface area contributed by atoms with Crippen LogP contribution in [0.15, 0.2) is 0 Å². The fourth-order valence-corrected chi connectivity index (χ4v) is 5.06. The number of carbonyl (C=O) groups excluding carboxylic acids is 1. The Morgan fingerprint density at radius 3 is 2.75 bits per heavy atom. The monoisotopic (exact) mass is 338 g/mol. The molecule has 3 aliphatic rings. The lowest BCUT2D eigenvalue weighted by Gasteiger charge is -2.58. The Kier molecular flexibility index (Phi) is 6.17. The molecular formula is C19H34N2O3. The van der Waals surface area contributed by atoms with Crippen LogP contribution in [-0.4, -0.2) is 61.9 Å². The van der Waals surface area contributed by atoms with Crippen LogP contribution in [0.25, 0.3) is 0 Å². The van der Waals surface area contributed by atoms with E-state index in [-0.39, 0.29) is 11.5 Å². The van der Waals surface area contributed by atoms with Crippen molar-refractivity contribution < 1.29 is 14.3 Å². The molecule has 0 aromatic carbocycles. The SMILES string of the molecule is CCCN(C(=O)CC1COCCN1)C1CC(OCC)C12CCCC2. The van der Waals surface area contributed by atoms with Gasteiger partial charge in [0.2, 0.25) is 5.91 Å². The van der Waals surface area contributed by atoms with Gasteiger partial charge in [-0.1, -0.05) is 19.8 Å². The first-order valence-electron chi connectivity index (χ1n) is 9.93. The van der Waals surface area contributed by atoms with Gasteiger partial charge in [-0.3, -0.25) is 4.79 Å². The van der Waals surface area contributed by atoms with E-state index in [0.29, 0.717) is 31.1 Å². The molecule has 1 saturated heterocycles. The van der Waals surface area contributed by atoms with E-state index in [4.69, 9.17) is 9.47 Å². The summed E-state index contributed by atoms with van der Waals surface area (Å²) < 4.78 is 11.5. The van der Waals surface area contributed by atoms with Crippen LogP contribution in [0, 0.1) is 5.41 Å². The molecule has 5 heteroatoms. The van der Waals surface area contributed by atoms with Crippen LogP contribution in [0.5, 0.6) is 0 Å². The van der Waals surface area contributed by atoms with Crippen molar-refractivity contribution in [3.63, 3.8) is 0 Å². The van der Waals surface area contributed by atoms with E-state index in [2.05, 4.69) is 24.1 Å². The third-order valence-corrected chi connectivity index (χ3v) is 6.23. The molecule has 24 heavy (non-hydrogen) atoms. The lowest BCUT2D eigenvalue weighted by Crippen LogP contribution is -2.65. The van der Waals surface area contributed by atoms with Gasteiger partial charge in [0.15, 0.2) is 0 Å². The molecule has 2 saturated carbocycles. The first-order chi connectivity index (χ1) is 11.7. The molecule has 1 amide bonds. The average molecular weight is 338 g/mol. The summed E-state index contributed by atoms with van der Waals surface area (Å²) in [6.07, 6.45) is 7.98. The third-order valence-electron chi connectivity index (χ3n) is 6.23. The number of rotatable bonds is 7. The quantitative estimate of drug-likeness (QED) is 0.774. The first-order valence-corrected chi connectivity index (χ1v) is 9.93. The van der Waals surface area contributed by atoms with Crippen LogP contribution in [0.1, 0.15) is 58.8 Å². The van der Waals surface area contributed by atoms with Crippen molar-refractivity contribution >= 4 is 5.91 Å². The second-order valence-electron chi connectivity index (χ2n) is 7.65. The van der Waals surface area contributed by atoms with Crippen molar-refractivity contribution in [3.8, 4) is 0 Å². The van der Waals surface area contributed by atoms with Crippen LogP contribution in [0.4, 0.5) is 0 Å². The van der Waals surface area contributed by atoms with Crippen LogP contribution < -0.4 is 5.32 Å². The molecule has 1 N–H and O–H groups in total. The second-order valence-corrected chi connectivity index (χ2v) is 7.65. The molecule has 2 aliphatic carbocycles. The second kappa shape index (κ2) is 8.15. The number of morpholine rings is 1. The molecule has 0 radical (unpaired) electrons. The lowest BCUT2D eigenvalue weighted by molar-refractivity contribution is -0.177. The maximum Gasteiger partial charge on any atom is 0.224 e. The van der Waals surface area contributed by atoms with E-state index in [1.807, 2.05) is 0 Å². The summed E-state index contributed by atoms with van der Waals surface area (Å²) in [4.78, 5) is 15.2. The van der Waals surface area contributed by atoms with Crippen LogP contribution >= 0.6 is 0 Å². The Hall–Kier alpha value is -0.650. The van der Waals surface area contributed by atoms with Gasteiger partial charge in [0.05, 0.1) is 19.3 Å². The first kappa shape index (κ1) is 18.2. The number of nitrogens with zero attached hydrogens (tertiary/aromatic N) is 1. The summed E-state index contributed by atoms with van der Waals surface area (Å²) in [5, 5.41) is 3.41. The van der Waals surface area contributed by atoms with Crippen molar-refractivity contribution in [2.24, 2.45) is 5.41 Å². The minimum atomic E-state index is 0.174. The Labute approximate surface area is 146 Å². The summed E-state index contributed by atoms with van der Waals surface area (Å²) in [6.45, 7) is 8.17. The number of ether oxygens (including phenoxy) is 2. The summed E-state index contributed by atoms with van der Waals surface area (Å²) >= 11 is 0. The Bertz CT molecular complexity index is 417. The normalized spacial score (nSPS) is 31.8. The maximum atomic E-state index is 13.0. The van der Waals surface area contributed by atoms with Gasteiger partial charge in [0, 0.05) is 43.6 Å². The summed E-state index contributed by atoms with van der Waals surface area (Å²) in [7, 11) is 0. The summed E-state index contributed by atoms with van der Waals surface area (Å²) in [6, 6.07) is 0.557. The molecule has 3 atom stereocenters. The van der Waals surface area contributed by atoms with Gasteiger partial charge < -0.3 is 19.7 Å². The molecule has 138 valence electrons. The molecule has 3 unspecified atom stereocenters. The molecule has 0 aromatic heterocycles. The van der Waals surface area contributed by atoms with Crippen molar-refractivity contribution in [3.05, 3.63) is 0 Å². The zero-order chi connectivity index (χ0) is 17.0. The van der Waals surface area contributed by atoms with Crippen LogP contribution in [0.2, 0.25) is 0 Å². The maximum absolute atomic E-state index is 13.0. The zero-order valence-electron chi connectivity index (χ0n) is 15.4. The van der Waals surface area contributed by atoms with Gasteiger partial charge in [-0.2, -0.15) is 0 Å². The topological polar surface area (TPSA) is 50.8 Å². The smallest absolute Gasteiger partial charge is 0.224 e. The summed E-state index contributed by atoms with van der Waals surface area (Å²) in [5.74, 6) is 0.297. The largest absolute Gasteiger partial charge is 0.378 e. The third kappa shape index (κ3) is 3.49. The predicted octanol–water partition coefficient (Wildman–Crippen LogP) is 2.34. The molecule has 0 bridgehead atoms. The minimum absolute atomic E-state index is 0.174. The molecular weight excluding hydrogens is 304 g/mol. The predicted molar refractivity (Wildman–Crippen MR) is 94.0 cm³/mol. The highest BCUT2D eigenvalue weighted by molar-refractivity contribution is 5.77. The van der Waals surface area contributed by atoms with E-state index in [9.17, 15) is 4.79 Å². The number of nitrogens with one attached hydrogen (secondary N) is 1. The van der Waals surface area contributed by atoms with Gasteiger partial charge in [0.25, 0.3) is 0 Å². The van der Waals surface area contributed by atoms with Gasteiger partial charge in [-0.05, 0) is 32.6 Å². The van der Waals surface area contributed by atoms with E-state index in [1.165, 1.54) is 25.7 Å². The van der Waals surface area contributed by atoms with Crippen LogP contribution in [0.3, 0.4) is 0 Å². The average Bonchev–Trinajstić information content (AvgIpc) is 3.10. The van der Waals surface area contributed by atoms with Crippen molar-refractivity contribution in [2.45, 2.75) is 77.0 Å². The van der Waals surface area contributed by atoms with Gasteiger partial charge in [0.1, 0.15) is 0 Å². The molecule has 3 fully saturated rings. The van der Waals surface area contributed by atoms with Gasteiger partial charge >= 0.3 is 0 Å². The molecule has 5 nitrogen and oxygen atoms in total. The summed E-state index contributed by atoms with van der Waals surface area (Å²) in [5.41, 5.74) is 0.233. The van der Waals surface area contributed by atoms with Crippen molar-refractivity contribution in [1.29, 1.82) is 0 Å². The molecule has 1 heterocycles. The number of hydrogen-bond donors (Lipinski definition) is 1. The van der Waals surface area contributed by atoms with E-state index in [0.717, 1.165) is 39.1 Å².